The molecule has 0 spiro atoms. The van der Waals surface area contributed by atoms with E-state index in [-0.39, 0.29) is 23.6 Å². The number of phenols is 1. The second-order valence-electron chi connectivity index (χ2n) is 5.19. The lowest BCUT2D eigenvalue weighted by atomic mass is 9.82. The number of ether oxygens (including phenoxy) is 1. The number of phenolic OH excluding ortho intramolecular Hbond substituents is 1. The number of ketones is 1. The van der Waals surface area contributed by atoms with E-state index in [1.807, 2.05) is 19.9 Å². The highest BCUT2D eigenvalue weighted by Crippen LogP contribution is 2.41. The van der Waals surface area contributed by atoms with Crippen LogP contribution in [0.5, 0.6) is 11.5 Å². The van der Waals surface area contributed by atoms with Crippen LogP contribution in [0, 0.1) is 0 Å². The summed E-state index contributed by atoms with van der Waals surface area (Å²) >= 11 is 0. The number of hydrogen-bond acceptors (Lipinski definition) is 3. The number of hydrogen-bond donors (Lipinski definition) is 1. The fourth-order valence-electron chi connectivity index (χ4n) is 2.57. The Morgan fingerprint density at radius 3 is 2.83 bits per heavy atom. The SMILES string of the molecule is CC(C)Oc1cccc(O)c1C1CCCC(=O)C1. The summed E-state index contributed by atoms with van der Waals surface area (Å²) in [6.07, 6.45) is 3.09. The van der Waals surface area contributed by atoms with Gasteiger partial charge >= 0.3 is 0 Å². The average Bonchev–Trinajstić information content (AvgIpc) is 2.28. The normalized spacial score (nSPS) is 20.2. The molecule has 1 atom stereocenters. The van der Waals surface area contributed by atoms with E-state index in [2.05, 4.69) is 0 Å². The topological polar surface area (TPSA) is 46.5 Å². The molecule has 0 saturated heterocycles. The predicted octanol–water partition coefficient (Wildman–Crippen LogP) is 3.41. The van der Waals surface area contributed by atoms with E-state index >= 15 is 0 Å². The van der Waals surface area contributed by atoms with Crippen LogP contribution in [0.4, 0.5) is 0 Å². The third-order valence-corrected chi connectivity index (χ3v) is 3.30. The first-order chi connectivity index (χ1) is 8.58. The van der Waals surface area contributed by atoms with Crippen LogP contribution in [0.2, 0.25) is 0 Å². The van der Waals surface area contributed by atoms with Crippen LogP contribution < -0.4 is 4.74 Å². The summed E-state index contributed by atoms with van der Waals surface area (Å²) in [4.78, 5) is 11.6. The predicted molar refractivity (Wildman–Crippen MR) is 70.1 cm³/mol. The highest BCUT2D eigenvalue weighted by atomic mass is 16.5. The average molecular weight is 248 g/mol. The second kappa shape index (κ2) is 5.42. The molecule has 1 N–H and O–H groups in total. The quantitative estimate of drug-likeness (QED) is 0.891. The maximum Gasteiger partial charge on any atom is 0.133 e. The molecule has 0 bridgehead atoms. The van der Waals surface area contributed by atoms with E-state index < -0.39 is 0 Å². The van der Waals surface area contributed by atoms with Gasteiger partial charge in [0.2, 0.25) is 0 Å². The summed E-state index contributed by atoms with van der Waals surface area (Å²) in [7, 11) is 0. The van der Waals surface area contributed by atoms with Gasteiger partial charge in [-0.1, -0.05) is 6.07 Å². The zero-order chi connectivity index (χ0) is 13.1. The van der Waals surface area contributed by atoms with Crippen molar-refractivity contribution in [3.63, 3.8) is 0 Å². The van der Waals surface area contributed by atoms with Crippen molar-refractivity contribution in [2.24, 2.45) is 0 Å². The van der Waals surface area contributed by atoms with Crippen LogP contribution in [0.1, 0.15) is 51.0 Å². The van der Waals surface area contributed by atoms with Crippen molar-refractivity contribution in [3.05, 3.63) is 23.8 Å². The molecule has 0 amide bonds. The third kappa shape index (κ3) is 2.84. The molecule has 0 radical (unpaired) electrons. The monoisotopic (exact) mass is 248 g/mol. The van der Waals surface area contributed by atoms with Crippen molar-refractivity contribution in [3.8, 4) is 11.5 Å². The van der Waals surface area contributed by atoms with Gasteiger partial charge in [-0.3, -0.25) is 4.79 Å². The maximum atomic E-state index is 11.6. The lowest BCUT2D eigenvalue weighted by molar-refractivity contribution is -0.120. The van der Waals surface area contributed by atoms with Crippen LogP contribution in [0.3, 0.4) is 0 Å². The molecule has 18 heavy (non-hydrogen) atoms. The number of rotatable bonds is 3. The molecule has 1 aromatic carbocycles. The van der Waals surface area contributed by atoms with Gasteiger partial charge in [0.25, 0.3) is 0 Å². The molecule has 1 aliphatic carbocycles. The van der Waals surface area contributed by atoms with Gasteiger partial charge in [0.05, 0.1) is 6.10 Å². The fourth-order valence-corrected chi connectivity index (χ4v) is 2.57. The number of carbonyl (C=O) groups excluding carboxylic acids is 1. The van der Waals surface area contributed by atoms with Crippen LogP contribution in [-0.2, 0) is 4.79 Å². The van der Waals surface area contributed by atoms with Crippen molar-refractivity contribution >= 4 is 5.78 Å². The van der Waals surface area contributed by atoms with Gasteiger partial charge in [0.1, 0.15) is 17.3 Å². The molecule has 2 rings (SSSR count). The molecule has 3 nitrogen and oxygen atoms in total. The van der Waals surface area contributed by atoms with Gasteiger partial charge in [-0.15, -0.1) is 0 Å². The highest BCUT2D eigenvalue weighted by Gasteiger charge is 2.26. The van der Waals surface area contributed by atoms with Crippen molar-refractivity contribution in [2.45, 2.75) is 51.6 Å². The molecule has 1 aromatic rings. The molecule has 1 aliphatic rings. The fraction of sp³-hybridized carbons (Fsp3) is 0.533. The number of aromatic hydroxyl groups is 1. The Balaban J connectivity index is 2.32. The van der Waals surface area contributed by atoms with E-state index in [4.69, 9.17) is 4.74 Å². The summed E-state index contributed by atoms with van der Waals surface area (Å²) in [5.41, 5.74) is 0.805. The van der Waals surface area contributed by atoms with Gasteiger partial charge in [0, 0.05) is 18.4 Å². The van der Waals surface area contributed by atoms with E-state index in [1.165, 1.54) is 0 Å². The zero-order valence-electron chi connectivity index (χ0n) is 11.0. The van der Waals surface area contributed by atoms with Gasteiger partial charge in [-0.05, 0) is 44.7 Å². The Morgan fingerprint density at radius 1 is 1.39 bits per heavy atom. The Labute approximate surface area is 108 Å². The number of Topliss-reactive ketones (excluding diaryl/α,β-unsaturated/α-hetero) is 1. The second-order valence-corrected chi connectivity index (χ2v) is 5.19. The molecule has 0 aliphatic heterocycles. The smallest absolute Gasteiger partial charge is 0.133 e. The minimum absolute atomic E-state index is 0.0600. The largest absolute Gasteiger partial charge is 0.508 e. The van der Waals surface area contributed by atoms with Gasteiger partial charge in [-0.25, -0.2) is 0 Å². The molecule has 0 heterocycles. The lowest BCUT2D eigenvalue weighted by Crippen LogP contribution is -2.16. The maximum absolute atomic E-state index is 11.6. The molecular weight excluding hydrogens is 228 g/mol. The van der Waals surface area contributed by atoms with Crippen molar-refractivity contribution in [1.29, 1.82) is 0 Å². The molecule has 1 unspecified atom stereocenters. The van der Waals surface area contributed by atoms with Crippen molar-refractivity contribution in [1.82, 2.24) is 0 Å². The molecule has 3 heteroatoms. The standard InChI is InChI=1S/C15H20O3/c1-10(2)18-14-8-4-7-13(17)15(14)11-5-3-6-12(16)9-11/h4,7-8,10-11,17H,3,5-6,9H2,1-2H3. The van der Waals surface area contributed by atoms with E-state index in [1.54, 1.807) is 12.1 Å². The van der Waals surface area contributed by atoms with E-state index in [0.717, 1.165) is 18.4 Å². The zero-order valence-corrected chi connectivity index (χ0v) is 11.0. The minimum Gasteiger partial charge on any atom is -0.508 e. The van der Waals surface area contributed by atoms with Crippen molar-refractivity contribution in [2.75, 3.05) is 0 Å². The first-order valence-electron chi connectivity index (χ1n) is 6.58. The van der Waals surface area contributed by atoms with E-state index in [0.29, 0.717) is 18.6 Å². The summed E-state index contributed by atoms with van der Waals surface area (Å²) in [6.45, 7) is 3.92. The summed E-state index contributed by atoms with van der Waals surface area (Å²) in [6, 6.07) is 5.32. The third-order valence-electron chi connectivity index (χ3n) is 3.30. The Kier molecular flexibility index (Phi) is 3.90. The minimum atomic E-state index is 0.0600. The molecule has 0 aromatic heterocycles. The van der Waals surface area contributed by atoms with Gasteiger partial charge < -0.3 is 9.84 Å². The molecular formula is C15H20O3. The highest BCUT2D eigenvalue weighted by molar-refractivity contribution is 5.80. The van der Waals surface area contributed by atoms with Crippen LogP contribution in [-0.4, -0.2) is 17.0 Å². The number of benzene rings is 1. The lowest BCUT2D eigenvalue weighted by Gasteiger charge is -2.25. The van der Waals surface area contributed by atoms with E-state index in [9.17, 15) is 9.90 Å². The molecule has 1 fully saturated rings. The Hall–Kier alpha value is -1.51. The first-order valence-corrected chi connectivity index (χ1v) is 6.58. The molecule has 1 saturated carbocycles. The molecule has 98 valence electrons. The summed E-state index contributed by atoms with van der Waals surface area (Å²) in [5.74, 6) is 1.34. The Morgan fingerprint density at radius 2 is 2.17 bits per heavy atom. The Bertz CT molecular complexity index is 437. The van der Waals surface area contributed by atoms with Gasteiger partial charge in [0.15, 0.2) is 0 Å². The number of carbonyl (C=O) groups is 1. The first kappa shape index (κ1) is 12.9. The van der Waals surface area contributed by atoms with Crippen LogP contribution in [0.25, 0.3) is 0 Å². The summed E-state index contributed by atoms with van der Waals surface area (Å²) < 4.78 is 5.74. The van der Waals surface area contributed by atoms with Crippen LogP contribution >= 0.6 is 0 Å². The van der Waals surface area contributed by atoms with Crippen LogP contribution in [0.15, 0.2) is 18.2 Å². The summed E-state index contributed by atoms with van der Waals surface area (Å²) in [5, 5.41) is 10.1. The van der Waals surface area contributed by atoms with Crippen molar-refractivity contribution < 1.29 is 14.6 Å². The van der Waals surface area contributed by atoms with Gasteiger partial charge in [-0.2, -0.15) is 0 Å².